The molecule has 26 heavy (non-hydrogen) atoms. The summed E-state index contributed by atoms with van der Waals surface area (Å²) in [5.74, 6) is 0.127. The Morgan fingerprint density at radius 2 is 2.19 bits per heavy atom. The van der Waals surface area contributed by atoms with Gasteiger partial charge in [-0.2, -0.15) is 10.2 Å². The van der Waals surface area contributed by atoms with Crippen molar-refractivity contribution in [3.8, 4) is 11.3 Å². The van der Waals surface area contributed by atoms with E-state index in [4.69, 9.17) is 0 Å². The molecule has 7 heteroatoms. The highest BCUT2D eigenvalue weighted by Gasteiger charge is 2.34. The van der Waals surface area contributed by atoms with Gasteiger partial charge in [0, 0.05) is 36.3 Å². The number of hydrogen-bond donors (Lipinski definition) is 3. The number of aromatic amines is 1. The van der Waals surface area contributed by atoms with Crippen LogP contribution in [-0.2, 0) is 6.54 Å². The fraction of sp³-hybridized carbons (Fsp3) is 0.316. The molecule has 134 valence electrons. The highest BCUT2D eigenvalue weighted by molar-refractivity contribution is 5.95. The molecule has 2 aromatic heterocycles. The largest absolute Gasteiger partial charge is 0.391 e. The number of carbonyl (C=O) groups excluding carboxylic acids is 1. The quantitative estimate of drug-likeness (QED) is 0.653. The number of carbonyl (C=O) groups is 1. The van der Waals surface area contributed by atoms with Crippen LogP contribution in [0, 0.1) is 5.92 Å². The topological polar surface area (TPSA) is 95.8 Å². The molecule has 1 amide bonds. The van der Waals surface area contributed by atoms with E-state index in [-0.39, 0.29) is 11.9 Å². The number of H-pyrrole nitrogens is 1. The molecule has 3 aromatic rings. The fourth-order valence-electron chi connectivity index (χ4n) is 3.59. The van der Waals surface area contributed by atoms with Gasteiger partial charge >= 0.3 is 0 Å². The molecule has 1 unspecified atom stereocenters. The number of nitrogens with one attached hydrogen (secondary N) is 2. The Labute approximate surface area is 151 Å². The molecule has 2 heterocycles. The van der Waals surface area contributed by atoms with Gasteiger partial charge in [-0.1, -0.05) is 12.1 Å². The second kappa shape index (κ2) is 7.13. The van der Waals surface area contributed by atoms with Gasteiger partial charge in [0.25, 0.3) is 5.91 Å². The van der Waals surface area contributed by atoms with Gasteiger partial charge in [-0.25, -0.2) is 0 Å². The van der Waals surface area contributed by atoms with Crippen LogP contribution in [0.4, 0.5) is 0 Å². The average Bonchev–Trinajstić information content (AvgIpc) is 3.39. The SMILES string of the molecule is O=C(N[C@@H]1CC(Cn2cccn2)C[C@H]1O)c1cccc(-c2ccn[nH]2)c1. The number of aliphatic hydroxyl groups is 1. The summed E-state index contributed by atoms with van der Waals surface area (Å²) in [5.41, 5.74) is 2.33. The first-order chi connectivity index (χ1) is 12.7. The van der Waals surface area contributed by atoms with E-state index in [1.807, 2.05) is 41.2 Å². The van der Waals surface area contributed by atoms with Crippen LogP contribution in [0.15, 0.2) is 55.0 Å². The van der Waals surface area contributed by atoms with Crippen molar-refractivity contribution in [3.63, 3.8) is 0 Å². The van der Waals surface area contributed by atoms with Crippen molar-refractivity contribution < 1.29 is 9.90 Å². The Morgan fingerprint density at radius 1 is 1.27 bits per heavy atom. The normalized spacial score (nSPS) is 22.4. The zero-order chi connectivity index (χ0) is 17.9. The molecule has 1 aliphatic carbocycles. The molecular formula is C19H21N5O2. The van der Waals surface area contributed by atoms with Crippen molar-refractivity contribution in [1.82, 2.24) is 25.3 Å². The summed E-state index contributed by atoms with van der Waals surface area (Å²) >= 11 is 0. The van der Waals surface area contributed by atoms with Gasteiger partial charge in [0.1, 0.15) is 0 Å². The minimum absolute atomic E-state index is 0.171. The van der Waals surface area contributed by atoms with Crippen molar-refractivity contribution in [2.75, 3.05) is 0 Å². The van der Waals surface area contributed by atoms with Crippen LogP contribution in [-0.4, -0.2) is 43.1 Å². The third-order valence-electron chi connectivity index (χ3n) is 4.88. The number of amides is 1. The number of hydrogen-bond acceptors (Lipinski definition) is 4. The fourth-order valence-corrected chi connectivity index (χ4v) is 3.59. The maximum Gasteiger partial charge on any atom is 0.251 e. The van der Waals surface area contributed by atoms with Gasteiger partial charge in [0.2, 0.25) is 0 Å². The summed E-state index contributed by atoms with van der Waals surface area (Å²) in [7, 11) is 0. The third kappa shape index (κ3) is 3.52. The lowest BCUT2D eigenvalue weighted by Gasteiger charge is -2.16. The molecule has 0 aliphatic heterocycles. The summed E-state index contributed by atoms with van der Waals surface area (Å²) in [6, 6.07) is 10.9. The van der Waals surface area contributed by atoms with E-state index >= 15 is 0 Å². The molecular weight excluding hydrogens is 330 g/mol. The lowest BCUT2D eigenvalue weighted by atomic mass is 10.1. The van der Waals surface area contributed by atoms with Gasteiger partial charge in [-0.3, -0.25) is 14.6 Å². The number of aliphatic hydroxyl groups excluding tert-OH is 1. The van der Waals surface area contributed by atoms with Crippen LogP contribution in [0.2, 0.25) is 0 Å². The number of benzene rings is 1. The standard InChI is InChI=1S/C19H21N5O2/c25-18-10-13(12-24-8-2-6-21-24)9-17(18)22-19(26)15-4-1-3-14(11-15)16-5-7-20-23-16/h1-8,11,13,17-18,25H,9-10,12H2,(H,20,23)(H,22,26)/t13?,17-,18-/m1/s1. The number of aromatic nitrogens is 4. The Kier molecular flexibility index (Phi) is 4.53. The van der Waals surface area contributed by atoms with E-state index in [9.17, 15) is 9.90 Å². The lowest BCUT2D eigenvalue weighted by Crippen LogP contribution is -2.39. The minimum Gasteiger partial charge on any atom is -0.391 e. The van der Waals surface area contributed by atoms with Crippen molar-refractivity contribution in [2.24, 2.45) is 5.92 Å². The van der Waals surface area contributed by atoms with E-state index < -0.39 is 6.10 Å². The first kappa shape index (κ1) is 16.5. The molecule has 1 fully saturated rings. The molecule has 7 nitrogen and oxygen atoms in total. The molecule has 0 radical (unpaired) electrons. The molecule has 4 rings (SSSR count). The second-order valence-electron chi connectivity index (χ2n) is 6.76. The number of nitrogens with zero attached hydrogens (tertiary/aromatic N) is 3. The minimum atomic E-state index is -0.532. The first-order valence-electron chi connectivity index (χ1n) is 8.75. The van der Waals surface area contributed by atoms with Crippen molar-refractivity contribution >= 4 is 5.91 Å². The molecule has 3 N–H and O–H groups in total. The third-order valence-corrected chi connectivity index (χ3v) is 4.88. The highest BCUT2D eigenvalue weighted by atomic mass is 16.3. The van der Waals surface area contributed by atoms with Crippen LogP contribution in [0.25, 0.3) is 11.3 Å². The van der Waals surface area contributed by atoms with Crippen molar-refractivity contribution in [2.45, 2.75) is 31.5 Å². The molecule has 3 atom stereocenters. The summed E-state index contributed by atoms with van der Waals surface area (Å²) in [4.78, 5) is 12.6. The molecule has 0 saturated heterocycles. The monoisotopic (exact) mass is 351 g/mol. The molecule has 1 aromatic carbocycles. The van der Waals surface area contributed by atoms with E-state index in [1.165, 1.54) is 0 Å². The van der Waals surface area contributed by atoms with Crippen LogP contribution in [0.1, 0.15) is 23.2 Å². The van der Waals surface area contributed by atoms with Gasteiger partial charge < -0.3 is 10.4 Å². The first-order valence-corrected chi connectivity index (χ1v) is 8.75. The van der Waals surface area contributed by atoms with E-state index in [0.29, 0.717) is 17.9 Å². The van der Waals surface area contributed by atoms with Gasteiger partial charge in [0.05, 0.1) is 17.8 Å². The zero-order valence-electron chi connectivity index (χ0n) is 14.2. The summed E-state index contributed by atoms with van der Waals surface area (Å²) < 4.78 is 1.87. The summed E-state index contributed by atoms with van der Waals surface area (Å²) in [5, 5.41) is 24.4. The molecule has 0 spiro atoms. The predicted molar refractivity (Wildman–Crippen MR) is 96.2 cm³/mol. The van der Waals surface area contributed by atoms with Crippen molar-refractivity contribution in [1.29, 1.82) is 0 Å². The average molecular weight is 351 g/mol. The molecule has 1 aliphatic rings. The van der Waals surface area contributed by atoms with E-state index in [2.05, 4.69) is 20.6 Å². The zero-order valence-corrected chi connectivity index (χ0v) is 14.2. The molecule has 0 bridgehead atoms. The predicted octanol–water partition coefficient (Wildman–Crippen LogP) is 1.84. The second-order valence-corrected chi connectivity index (χ2v) is 6.76. The van der Waals surface area contributed by atoms with E-state index in [1.54, 1.807) is 18.5 Å². The van der Waals surface area contributed by atoms with Crippen LogP contribution in [0.3, 0.4) is 0 Å². The molecule has 1 saturated carbocycles. The van der Waals surface area contributed by atoms with Gasteiger partial charge in [-0.15, -0.1) is 0 Å². The highest BCUT2D eigenvalue weighted by Crippen LogP contribution is 2.28. The Balaban J connectivity index is 1.41. The number of rotatable bonds is 5. The lowest BCUT2D eigenvalue weighted by molar-refractivity contribution is 0.0873. The van der Waals surface area contributed by atoms with Gasteiger partial charge in [0.15, 0.2) is 0 Å². The maximum atomic E-state index is 12.6. The van der Waals surface area contributed by atoms with E-state index in [0.717, 1.165) is 24.2 Å². The maximum absolute atomic E-state index is 12.6. The van der Waals surface area contributed by atoms with Crippen molar-refractivity contribution in [3.05, 3.63) is 60.6 Å². The van der Waals surface area contributed by atoms with Gasteiger partial charge in [-0.05, 0) is 43.0 Å². The Morgan fingerprint density at radius 3 is 2.96 bits per heavy atom. The summed E-state index contributed by atoms with van der Waals surface area (Å²) in [6.45, 7) is 0.756. The van der Waals surface area contributed by atoms with Crippen LogP contribution in [0.5, 0.6) is 0 Å². The Hall–Kier alpha value is -2.93. The smallest absolute Gasteiger partial charge is 0.251 e. The van der Waals surface area contributed by atoms with Crippen LogP contribution < -0.4 is 5.32 Å². The Bertz CT molecular complexity index is 860. The van der Waals surface area contributed by atoms with Crippen LogP contribution >= 0.6 is 0 Å². The summed E-state index contributed by atoms with van der Waals surface area (Å²) in [6.07, 6.45) is 6.22.